The molecule has 0 amide bonds. The molecule has 1 heterocycles. The molecule has 1 aliphatic rings. The Bertz CT molecular complexity index is 108. The van der Waals surface area contributed by atoms with Crippen LogP contribution >= 0.6 is 0 Å². The maximum atomic E-state index is 9.50. The first-order valence-corrected chi connectivity index (χ1v) is 4.01. The van der Waals surface area contributed by atoms with E-state index in [1.165, 1.54) is 0 Å². The molecule has 0 radical (unpaired) electrons. The Balaban J connectivity index is 2.31. The lowest BCUT2D eigenvalue weighted by atomic mass is 9.88. The van der Waals surface area contributed by atoms with Crippen LogP contribution in [-0.4, -0.2) is 23.4 Å². The van der Waals surface area contributed by atoms with Crippen LogP contribution in [0.1, 0.15) is 33.1 Å². The van der Waals surface area contributed by atoms with E-state index in [9.17, 15) is 5.11 Å². The molecule has 0 aromatic rings. The quantitative estimate of drug-likeness (QED) is 0.647. The molecule has 0 aliphatic carbocycles. The van der Waals surface area contributed by atoms with Crippen molar-refractivity contribution in [2.75, 3.05) is 6.61 Å². The van der Waals surface area contributed by atoms with Crippen molar-refractivity contribution in [2.24, 2.45) is 0 Å². The number of aliphatic hydroxyl groups is 1. The molecule has 0 saturated carbocycles. The van der Waals surface area contributed by atoms with Crippen LogP contribution in [0.2, 0.25) is 0 Å². The predicted octanol–water partition coefficient (Wildman–Crippen LogP) is 1.33. The topological polar surface area (TPSA) is 29.5 Å². The van der Waals surface area contributed by atoms with Crippen LogP contribution in [-0.2, 0) is 4.74 Å². The van der Waals surface area contributed by atoms with Crippen LogP contribution in [0.25, 0.3) is 0 Å². The van der Waals surface area contributed by atoms with Gasteiger partial charge in [-0.05, 0) is 13.3 Å². The monoisotopic (exact) mass is 144 g/mol. The molecule has 2 atom stereocenters. The third-order valence-electron chi connectivity index (χ3n) is 2.30. The van der Waals surface area contributed by atoms with E-state index >= 15 is 0 Å². The Labute approximate surface area is 62.2 Å². The largest absolute Gasteiger partial charge is 0.390 e. The Morgan fingerprint density at radius 1 is 1.70 bits per heavy atom. The second kappa shape index (κ2) is 2.89. The van der Waals surface area contributed by atoms with Gasteiger partial charge in [-0.2, -0.15) is 0 Å². The molecule has 1 fully saturated rings. The summed E-state index contributed by atoms with van der Waals surface area (Å²) in [7, 11) is 0. The molecule has 1 N–H and O–H groups in total. The molecular formula is C8H16O2. The summed E-state index contributed by atoms with van der Waals surface area (Å²) in [6, 6.07) is 0. The van der Waals surface area contributed by atoms with Crippen LogP contribution in [0, 0.1) is 0 Å². The number of rotatable bonds is 3. The van der Waals surface area contributed by atoms with Crippen LogP contribution in [0.3, 0.4) is 0 Å². The van der Waals surface area contributed by atoms with E-state index in [1.807, 2.05) is 6.92 Å². The lowest BCUT2D eigenvalue weighted by molar-refractivity contribution is -0.194. The van der Waals surface area contributed by atoms with Gasteiger partial charge in [-0.25, -0.2) is 0 Å². The summed E-state index contributed by atoms with van der Waals surface area (Å²) in [5.41, 5.74) is -0.212. The predicted molar refractivity (Wildman–Crippen MR) is 39.9 cm³/mol. The van der Waals surface area contributed by atoms with Crippen LogP contribution < -0.4 is 0 Å². The average molecular weight is 144 g/mol. The molecule has 0 spiro atoms. The first kappa shape index (κ1) is 8.02. The van der Waals surface area contributed by atoms with Gasteiger partial charge in [-0.3, -0.25) is 0 Å². The fraction of sp³-hybridized carbons (Fsp3) is 1.00. The van der Waals surface area contributed by atoms with Crippen molar-refractivity contribution in [3.63, 3.8) is 0 Å². The van der Waals surface area contributed by atoms with Gasteiger partial charge in [0.25, 0.3) is 0 Å². The molecule has 1 rings (SSSR count). The van der Waals surface area contributed by atoms with Crippen molar-refractivity contribution < 1.29 is 9.84 Å². The summed E-state index contributed by atoms with van der Waals surface area (Å²) in [6.45, 7) is 4.87. The van der Waals surface area contributed by atoms with E-state index in [-0.39, 0.29) is 11.7 Å². The van der Waals surface area contributed by atoms with Crippen molar-refractivity contribution >= 4 is 0 Å². The fourth-order valence-electron chi connectivity index (χ4n) is 1.27. The zero-order valence-electron chi connectivity index (χ0n) is 6.76. The highest BCUT2D eigenvalue weighted by Gasteiger charge is 2.39. The molecule has 2 unspecified atom stereocenters. The summed E-state index contributed by atoms with van der Waals surface area (Å²) in [5, 5.41) is 9.50. The highest BCUT2D eigenvalue weighted by atomic mass is 16.5. The van der Waals surface area contributed by atoms with Gasteiger partial charge >= 0.3 is 0 Å². The minimum atomic E-state index is -0.258. The Hall–Kier alpha value is -0.0800. The van der Waals surface area contributed by atoms with Crippen molar-refractivity contribution in [3.8, 4) is 0 Å². The molecular weight excluding hydrogens is 128 g/mol. The average Bonchev–Trinajstić information content (AvgIpc) is 1.83. The van der Waals surface area contributed by atoms with Gasteiger partial charge in [0.15, 0.2) is 0 Å². The lowest BCUT2D eigenvalue weighted by Gasteiger charge is -2.42. The highest BCUT2D eigenvalue weighted by molar-refractivity contribution is 4.89. The third-order valence-corrected chi connectivity index (χ3v) is 2.30. The molecule has 0 aromatic carbocycles. The molecule has 2 nitrogen and oxygen atoms in total. The Morgan fingerprint density at radius 2 is 2.30 bits per heavy atom. The Kier molecular flexibility index (Phi) is 2.32. The molecule has 0 bridgehead atoms. The standard InChI is InChI=1S/C8H16O2/c1-3-4-7(9)8(2)5-6-10-8/h7,9H,3-6H2,1-2H3. The smallest absolute Gasteiger partial charge is 0.0934 e. The zero-order valence-corrected chi connectivity index (χ0v) is 6.76. The summed E-state index contributed by atoms with van der Waals surface area (Å²) >= 11 is 0. The van der Waals surface area contributed by atoms with E-state index in [4.69, 9.17) is 4.74 Å². The Morgan fingerprint density at radius 3 is 2.60 bits per heavy atom. The van der Waals surface area contributed by atoms with Gasteiger partial charge in [0, 0.05) is 6.42 Å². The minimum Gasteiger partial charge on any atom is -0.390 e. The number of hydrogen-bond donors (Lipinski definition) is 1. The summed E-state index contributed by atoms with van der Waals surface area (Å²) in [6.07, 6.45) is 2.64. The summed E-state index contributed by atoms with van der Waals surface area (Å²) in [5.74, 6) is 0. The third kappa shape index (κ3) is 1.32. The molecule has 60 valence electrons. The van der Waals surface area contributed by atoms with Gasteiger partial charge in [-0.1, -0.05) is 13.3 Å². The van der Waals surface area contributed by atoms with Gasteiger partial charge in [0.05, 0.1) is 18.3 Å². The normalized spacial score (nSPS) is 35.1. The molecule has 0 aromatic heterocycles. The minimum absolute atomic E-state index is 0.212. The zero-order chi connectivity index (χ0) is 7.61. The molecule has 1 saturated heterocycles. The summed E-state index contributed by atoms with van der Waals surface area (Å²) < 4.78 is 5.28. The second-order valence-electron chi connectivity index (χ2n) is 3.22. The summed E-state index contributed by atoms with van der Waals surface area (Å²) in [4.78, 5) is 0. The van der Waals surface area contributed by atoms with Gasteiger partial charge < -0.3 is 9.84 Å². The van der Waals surface area contributed by atoms with E-state index in [1.54, 1.807) is 0 Å². The highest BCUT2D eigenvalue weighted by Crippen LogP contribution is 2.31. The second-order valence-corrected chi connectivity index (χ2v) is 3.22. The van der Waals surface area contributed by atoms with E-state index < -0.39 is 0 Å². The first-order valence-electron chi connectivity index (χ1n) is 4.01. The van der Waals surface area contributed by atoms with E-state index in [0.29, 0.717) is 0 Å². The van der Waals surface area contributed by atoms with Crippen LogP contribution in [0.5, 0.6) is 0 Å². The maximum Gasteiger partial charge on any atom is 0.0934 e. The van der Waals surface area contributed by atoms with Crippen LogP contribution in [0.15, 0.2) is 0 Å². The van der Waals surface area contributed by atoms with Crippen LogP contribution in [0.4, 0.5) is 0 Å². The van der Waals surface area contributed by atoms with Gasteiger partial charge in [0.2, 0.25) is 0 Å². The molecule has 2 heteroatoms. The van der Waals surface area contributed by atoms with Crippen molar-refractivity contribution in [3.05, 3.63) is 0 Å². The van der Waals surface area contributed by atoms with Gasteiger partial charge in [0.1, 0.15) is 0 Å². The maximum absolute atomic E-state index is 9.50. The lowest BCUT2D eigenvalue weighted by Crippen LogP contribution is -2.50. The van der Waals surface area contributed by atoms with Crippen molar-refractivity contribution in [1.29, 1.82) is 0 Å². The number of hydrogen-bond acceptors (Lipinski definition) is 2. The molecule has 10 heavy (non-hydrogen) atoms. The van der Waals surface area contributed by atoms with Crippen molar-refractivity contribution in [1.82, 2.24) is 0 Å². The number of aliphatic hydroxyl groups excluding tert-OH is 1. The van der Waals surface area contributed by atoms with E-state index in [0.717, 1.165) is 25.9 Å². The van der Waals surface area contributed by atoms with Gasteiger partial charge in [-0.15, -0.1) is 0 Å². The molecule has 1 aliphatic heterocycles. The first-order chi connectivity index (χ1) is 4.69. The number of ether oxygens (including phenoxy) is 1. The van der Waals surface area contributed by atoms with Crippen molar-refractivity contribution in [2.45, 2.75) is 44.8 Å². The van der Waals surface area contributed by atoms with E-state index in [2.05, 4.69) is 6.92 Å². The SMILES string of the molecule is CCCC(O)C1(C)CCO1. The fourth-order valence-corrected chi connectivity index (χ4v) is 1.27.